The first kappa shape index (κ1) is 13.3. The summed E-state index contributed by atoms with van der Waals surface area (Å²) < 4.78 is 4.87. The van der Waals surface area contributed by atoms with Crippen LogP contribution < -0.4 is 11.1 Å². The fourth-order valence-electron chi connectivity index (χ4n) is 0.726. The molecule has 0 bridgehead atoms. The van der Waals surface area contributed by atoms with Gasteiger partial charge in [-0.05, 0) is 27.7 Å². The molecule has 0 heterocycles. The van der Waals surface area contributed by atoms with Crippen molar-refractivity contribution in [2.75, 3.05) is 0 Å². The highest BCUT2D eigenvalue weighted by molar-refractivity contribution is 5.91. The maximum atomic E-state index is 11.2. The molecule has 0 aromatic rings. The molecule has 4 N–H and O–H groups in total. The summed E-state index contributed by atoms with van der Waals surface area (Å²) in [5.41, 5.74) is 4.23. The summed E-state index contributed by atoms with van der Waals surface area (Å²) in [6.45, 7) is 6.39. The van der Waals surface area contributed by atoms with E-state index in [0.29, 0.717) is 0 Å². The molecule has 0 aromatic carbocycles. The van der Waals surface area contributed by atoms with E-state index in [1.165, 1.54) is 6.92 Å². The number of nitrogens with one attached hydrogen (secondary N) is 1. The Kier molecular flexibility index (Phi) is 4.14. The molecule has 15 heavy (non-hydrogen) atoms. The minimum Gasteiger partial charge on any atom is -0.477 e. The molecule has 0 fully saturated rings. The Bertz CT molecular complexity index is 298. The average Bonchev–Trinajstić information content (AvgIpc) is 1.95. The number of hydrogen-bond acceptors (Lipinski definition) is 4. The molecule has 0 saturated carbocycles. The highest BCUT2D eigenvalue weighted by atomic mass is 16.6. The second-order valence-corrected chi connectivity index (χ2v) is 3.99. The van der Waals surface area contributed by atoms with Gasteiger partial charge in [0.1, 0.15) is 11.3 Å². The molecule has 86 valence electrons. The monoisotopic (exact) mass is 216 g/mol. The molecule has 0 unspecified atom stereocenters. The van der Waals surface area contributed by atoms with Crippen molar-refractivity contribution in [1.29, 1.82) is 0 Å². The molecule has 0 aliphatic heterocycles. The van der Waals surface area contributed by atoms with E-state index in [-0.39, 0.29) is 11.4 Å². The molecule has 0 rings (SSSR count). The average molecular weight is 216 g/mol. The fourth-order valence-corrected chi connectivity index (χ4v) is 0.726. The topological polar surface area (TPSA) is 102 Å². The molecule has 0 aliphatic rings. The Morgan fingerprint density at radius 2 is 1.80 bits per heavy atom. The van der Waals surface area contributed by atoms with Crippen molar-refractivity contribution in [3.8, 4) is 0 Å². The first-order valence-electron chi connectivity index (χ1n) is 4.33. The van der Waals surface area contributed by atoms with Gasteiger partial charge in [0.05, 0.1) is 0 Å². The van der Waals surface area contributed by atoms with Crippen LogP contribution in [0.5, 0.6) is 0 Å². The highest BCUT2D eigenvalue weighted by Crippen LogP contribution is 2.07. The normalized spacial score (nSPS) is 12.8. The predicted molar refractivity (Wildman–Crippen MR) is 53.9 cm³/mol. The minimum atomic E-state index is -1.30. The van der Waals surface area contributed by atoms with E-state index < -0.39 is 17.7 Å². The Morgan fingerprint density at radius 1 is 1.33 bits per heavy atom. The number of ether oxygens (including phenoxy) is 1. The van der Waals surface area contributed by atoms with Gasteiger partial charge in [0.15, 0.2) is 0 Å². The van der Waals surface area contributed by atoms with Crippen LogP contribution in [0.15, 0.2) is 11.4 Å². The lowest BCUT2D eigenvalue weighted by atomic mass is 10.2. The molecule has 0 saturated heterocycles. The lowest BCUT2D eigenvalue weighted by Gasteiger charge is -2.19. The van der Waals surface area contributed by atoms with Crippen molar-refractivity contribution >= 4 is 12.1 Å². The fraction of sp³-hybridized carbons (Fsp3) is 0.556. The number of hydrogen-bond donors (Lipinski definition) is 3. The molecule has 6 heteroatoms. The number of rotatable bonds is 2. The first-order valence-corrected chi connectivity index (χ1v) is 4.33. The summed E-state index contributed by atoms with van der Waals surface area (Å²) in [7, 11) is 0. The maximum absolute atomic E-state index is 11.2. The van der Waals surface area contributed by atoms with Gasteiger partial charge in [-0.2, -0.15) is 0 Å². The van der Waals surface area contributed by atoms with Crippen molar-refractivity contribution < 1.29 is 19.4 Å². The van der Waals surface area contributed by atoms with Crippen LogP contribution in [-0.4, -0.2) is 22.8 Å². The zero-order valence-electron chi connectivity index (χ0n) is 9.25. The number of alkyl carbamates (subject to hydrolysis) is 1. The highest BCUT2D eigenvalue weighted by Gasteiger charge is 2.20. The van der Waals surface area contributed by atoms with Crippen LogP contribution in [0.2, 0.25) is 0 Å². The zero-order chi connectivity index (χ0) is 12.2. The van der Waals surface area contributed by atoms with Crippen LogP contribution in [0.25, 0.3) is 0 Å². The third kappa shape index (κ3) is 5.56. The SMILES string of the molecule is C/C(N)=C(/NC(=O)OC(C)(C)C)C(=O)O. The van der Waals surface area contributed by atoms with Gasteiger partial charge in [0.2, 0.25) is 0 Å². The van der Waals surface area contributed by atoms with Gasteiger partial charge in [-0.15, -0.1) is 0 Å². The van der Waals surface area contributed by atoms with E-state index in [9.17, 15) is 9.59 Å². The number of aliphatic carboxylic acids is 1. The summed E-state index contributed by atoms with van der Waals surface area (Å²) in [6.07, 6.45) is -0.843. The molecule has 0 spiro atoms. The molecule has 0 aliphatic carbocycles. The van der Waals surface area contributed by atoms with E-state index in [0.717, 1.165) is 0 Å². The summed E-state index contributed by atoms with van der Waals surface area (Å²) >= 11 is 0. The molecule has 6 nitrogen and oxygen atoms in total. The molecule has 0 aromatic heterocycles. The number of carbonyl (C=O) groups is 2. The second-order valence-electron chi connectivity index (χ2n) is 3.99. The Hall–Kier alpha value is -1.72. The number of nitrogens with two attached hydrogens (primary N) is 1. The van der Waals surface area contributed by atoms with Crippen LogP contribution in [0.4, 0.5) is 4.79 Å². The van der Waals surface area contributed by atoms with Crippen LogP contribution in [0.1, 0.15) is 27.7 Å². The van der Waals surface area contributed by atoms with Crippen molar-refractivity contribution in [2.24, 2.45) is 5.73 Å². The standard InChI is InChI=1S/C9H16N2O4/c1-5(10)6(7(12)13)11-8(14)15-9(2,3)4/h10H2,1-4H3,(H,11,14)(H,12,13)/b6-5-. The number of carboxylic acid groups (broad SMARTS) is 1. The molecule has 0 radical (unpaired) electrons. The Balaban J connectivity index is 4.54. The summed E-state index contributed by atoms with van der Waals surface area (Å²) in [6, 6.07) is 0. The first-order chi connectivity index (χ1) is 6.63. The van der Waals surface area contributed by atoms with Gasteiger partial charge in [0, 0.05) is 5.70 Å². The lowest BCUT2D eigenvalue weighted by molar-refractivity contribution is -0.133. The third-order valence-electron chi connectivity index (χ3n) is 1.23. The number of allylic oxidation sites excluding steroid dienone is 1. The van der Waals surface area contributed by atoms with Gasteiger partial charge >= 0.3 is 12.1 Å². The quantitative estimate of drug-likeness (QED) is 0.592. The maximum Gasteiger partial charge on any atom is 0.412 e. The van der Waals surface area contributed by atoms with Gasteiger partial charge in [-0.1, -0.05) is 0 Å². The van der Waals surface area contributed by atoms with E-state index in [1.54, 1.807) is 20.8 Å². The van der Waals surface area contributed by atoms with E-state index in [2.05, 4.69) is 5.32 Å². The summed E-state index contributed by atoms with van der Waals surface area (Å²) in [5, 5.41) is 10.7. The molecular formula is C9H16N2O4. The van der Waals surface area contributed by atoms with Crippen molar-refractivity contribution in [2.45, 2.75) is 33.3 Å². The number of carboxylic acids is 1. The van der Waals surface area contributed by atoms with Crippen LogP contribution >= 0.6 is 0 Å². The number of carbonyl (C=O) groups excluding carboxylic acids is 1. The molecule has 1 amide bonds. The van der Waals surface area contributed by atoms with Crippen molar-refractivity contribution in [1.82, 2.24) is 5.32 Å². The summed E-state index contributed by atoms with van der Waals surface area (Å²) in [5.74, 6) is -1.30. The Labute approximate surface area is 88.1 Å². The van der Waals surface area contributed by atoms with Crippen LogP contribution in [-0.2, 0) is 9.53 Å². The second kappa shape index (κ2) is 4.68. The van der Waals surface area contributed by atoms with Gasteiger partial charge in [-0.25, -0.2) is 9.59 Å². The number of amides is 1. The largest absolute Gasteiger partial charge is 0.477 e. The van der Waals surface area contributed by atoms with Crippen LogP contribution in [0, 0.1) is 0 Å². The van der Waals surface area contributed by atoms with Crippen LogP contribution in [0.3, 0.4) is 0 Å². The summed E-state index contributed by atoms with van der Waals surface area (Å²) in [4.78, 5) is 21.8. The van der Waals surface area contributed by atoms with Crippen molar-refractivity contribution in [3.63, 3.8) is 0 Å². The van der Waals surface area contributed by atoms with Gasteiger partial charge in [-0.3, -0.25) is 5.32 Å². The molecular weight excluding hydrogens is 200 g/mol. The van der Waals surface area contributed by atoms with Crippen molar-refractivity contribution in [3.05, 3.63) is 11.4 Å². The minimum absolute atomic E-state index is 0.00774. The van der Waals surface area contributed by atoms with Gasteiger partial charge in [0.25, 0.3) is 0 Å². The predicted octanol–water partition coefficient (Wildman–Crippen LogP) is 0.786. The smallest absolute Gasteiger partial charge is 0.412 e. The molecule has 0 atom stereocenters. The van der Waals surface area contributed by atoms with E-state index in [4.69, 9.17) is 15.6 Å². The lowest BCUT2D eigenvalue weighted by Crippen LogP contribution is -2.35. The van der Waals surface area contributed by atoms with E-state index >= 15 is 0 Å². The van der Waals surface area contributed by atoms with Gasteiger partial charge < -0.3 is 15.6 Å². The van der Waals surface area contributed by atoms with E-state index in [1.807, 2.05) is 0 Å². The third-order valence-corrected chi connectivity index (χ3v) is 1.23. The Morgan fingerprint density at radius 3 is 2.07 bits per heavy atom. The zero-order valence-corrected chi connectivity index (χ0v) is 9.25.